The van der Waals surface area contributed by atoms with Gasteiger partial charge in [0.1, 0.15) is 18.5 Å². The summed E-state index contributed by atoms with van der Waals surface area (Å²) in [6.07, 6.45) is 2.24. The topological polar surface area (TPSA) is 30.3 Å². The SMILES string of the molecule is CCC(C)(C)c1ncn2c1OCC(N1CC(F)C1)C2. The van der Waals surface area contributed by atoms with Crippen molar-refractivity contribution in [3.8, 4) is 5.88 Å². The van der Waals surface area contributed by atoms with Gasteiger partial charge in [-0.2, -0.15) is 0 Å². The monoisotopic (exact) mass is 267 g/mol. The predicted molar refractivity (Wildman–Crippen MR) is 71.3 cm³/mol. The van der Waals surface area contributed by atoms with E-state index < -0.39 is 6.17 Å². The molecule has 0 spiro atoms. The molecule has 0 radical (unpaired) electrons. The molecule has 1 aromatic rings. The maximum absolute atomic E-state index is 12.9. The molecule has 0 N–H and O–H groups in total. The number of hydrogen-bond donors (Lipinski definition) is 0. The lowest BCUT2D eigenvalue weighted by atomic mass is 9.86. The van der Waals surface area contributed by atoms with Crippen molar-refractivity contribution in [2.45, 2.75) is 51.4 Å². The Balaban J connectivity index is 1.77. The predicted octanol–water partition coefficient (Wildman–Crippen LogP) is 1.99. The highest BCUT2D eigenvalue weighted by molar-refractivity contribution is 5.29. The lowest BCUT2D eigenvalue weighted by Crippen LogP contribution is -2.57. The number of ether oxygens (including phenoxy) is 1. The molecule has 3 heterocycles. The van der Waals surface area contributed by atoms with Crippen LogP contribution in [0.2, 0.25) is 0 Å². The molecule has 1 unspecified atom stereocenters. The average molecular weight is 267 g/mol. The maximum atomic E-state index is 12.9. The number of likely N-dealkylation sites (tertiary alicyclic amines) is 1. The first-order chi connectivity index (χ1) is 9.01. The van der Waals surface area contributed by atoms with Gasteiger partial charge in [0.2, 0.25) is 5.88 Å². The number of hydrogen-bond acceptors (Lipinski definition) is 3. The number of nitrogens with zero attached hydrogens (tertiary/aromatic N) is 3. The highest BCUT2D eigenvalue weighted by atomic mass is 19.1. The lowest BCUT2D eigenvalue weighted by molar-refractivity contribution is -0.00876. The molecule has 0 aromatic carbocycles. The van der Waals surface area contributed by atoms with E-state index in [-0.39, 0.29) is 11.5 Å². The van der Waals surface area contributed by atoms with Crippen molar-refractivity contribution in [2.75, 3.05) is 19.7 Å². The molecule has 106 valence electrons. The van der Waals surface area contributed by atoms with Crippen LogP contribution in [0.15, 0.2) is 6.33 Å². The van der Waals surface area contributed by atoms with Crippen molar-refractivity contribution in [3.63, 3.8) is 0 Å². The molecule has 0 saturated carbocycles. The summed E-state index contributed by atoms with van der Waals surface area (Å²) in [5.74, 6) is 0.903. The van der Waals surface area contributed by atoms with Crippen LogP contribution in [0.5, 0.6) is 5.88 Å². The van der Waals surface area contributed by atoms with Crippen LogP contribution in [0.1, 0.15) is 32.9 Å². The van der Waals surface area contributed by atoms with Gasteiger partial charge in [0.05, 0.1) is 12.4 Å². The van der Waals surface area contributed by atoms with Crippen LogP contribution >= 0.6 is 0 Å². The summed E-state index contributed by atoms with van der Waals surface area (Å²) in [6.45, 7) is 9.14. The van der Waals surface area contributed by atoms with E-state index in [1.807, 2.05) is 6.33 Å². The molecule has 1 saturated heterocycles. The lowest BCUT2D eigenvalue weighted by Gasteiger charge is -2.42. The summed E-state index contributed by atoms with van der Waals surface area (Å²) in [4.78, 5) is 6.69. The first-order valence-electron chi connectivity index (χ1n) is 7.08. The summed E-state index contributed by atoms with van der Waals surface area (Å²) in [5, 5.41) is 0. The third kappa shape index (κ3) is 2.14. The molecule has 1 aromatic heterocycles. The van der Waals surface area contributed by atoms with Gasteiger partial charge in [0.15, 0.2) is 0 Å². The Hall–Kier alpha value is -1.10. The molecule has 0 aliphatic carbocycles. The van der Waals surface area contributed by atoms with Crippen molar-refractivity contribution >= 4 is 0 Å². The van der Waals surface area contributed by atoms with Gasteiger partial charge in [-0.1, -0.05) is 20.8 Å². The van der Waals surface area contributed by atoms with E-state index in [4.69, 9.17) is 4.74 Å². The quantitative estimate of drug-likeness (QED) is 0.839. The van der Waals surface area contributed by atoms with Gasteiger partial charge in [0, 0.05) is 25.0 Å². The molecule has 0 amide bonds. The van der Waals surface area contributed by atoms with Crippen molar-refractivity contribution in [2.24, 2.45) is 0 Å². The number of alkyl halides is 1. The molecule has 2 aliphatic heterocycles. The summed E-state index contributed by atoms with van der Waals surface area (Å²) >= 11 is 0. The van der Waals surface area contributed by atoms with Gasteiger partial charge < -0.3 is 4.74 Å². The minimum absolute atomic E-state index is 0.0359. The summed E-state index contributed by atoms with van der Waals surface area (Å²) in [7, 11) is 0. The second-order valence-corrected chi connectivity index (χ2v) is 6.30. The van der Waals surface area contributed by atoms with Crippen LogP contribution in [0, 0.1) is 0 Å². The van der Waals surface area contributed by atoms with Crippen LogP contribution in [0.4, 0.5) is 4.39 Å². The Morgan fingerprint density at radius 1 is 1.42 bits per heavy atom. The largest absolute Gasteiger partial charge is 0.476 e. The van der Waals surface area contributed by atoms with Crippen molar-refractivity contribution in [3.05, 3.63) is 12.0 Å². The third-order valence-corrected chi connectivity index (χ3v) is 4.52. The average Bonchev–Trinajstić information content (AvgIpc) is 2.78. The molecule has 1 fully saturated rings. The zero-order chi connectivity index (χ0) is 13.6. The second-order valence-electron chi connectivity index (χ2n) is 6.30. The van der Waals surface area contributed by atoms with E-state index >= 15 is 0 Å². The Bertz CT molecular complexity index is 465. The Labute approximate surface area is 113 Å². The minimum Gasteiger partial charge on any atom is -0.476 e. The van der Waals surface area contributed by atoms with Gasteiger partial charge in [-0.3, -0.25) is 9.47 Å². The van der Waals surface area contributed by atoms with Gasteiger partial charge >= 0.3 is 0 Å². The van der Waals surface area contributed by atoms with E-state index in [0.29, 0.717) is 19.7 Å². The minimum atomic E-state index is -0.654. The molecule has 4 nitrogen and oxygen atoms in total. The van der Waals surface area contributed by atoms with Crippen LogP contribution in [0.25, 0.3) is 0 Å². The molecule has 5 heteroatoms. The Morgan fingerprint density at radius 3 is 2.79 bits per heavy atom. The number of aromatic nitrogens is 2. The number of fused-ring (bicyclic) bond motifs is 1. The van der Waals surface area contributed by atoms with E-state index in [0.717, 1.165) is 24.5 Å². The molecular weight excluding hydrogens is 245 g/mol. The molecule has 3 rings (SSSR count). The number of rotatable bonds is 3. The zero-order valence-electron chi connectivity index (χ0n) is 11.9. The van der Waals surface area contributed by atoms with E-state index in [9.17, 15) is 4.39 Å². The molecular formula is C14H22FN3O. The highest BCUT2D eigenvalue weighted by Crippen LogP contribution is 2.35. The summed E-state index contributed by atoms with van der Waals surface area (Å²) < 4.78 is 20.9. The van der Waals surface area contributed by atoms with Crippen molar-refractivity contribution < 1.29 is 9.13 Å². The molecule has 0 bridgehead atoms. The summed E-state index contributed by atoms with van der Waals surface area (Å²) in [5.41, 5.74) is 1.08. The van der Waals surface area contributed by atoms with Gasteiger partial charge in [-0.25, -0.2) is 9.37 Å². The van der Waals surface area contributed by atoms with E-state index in [2.05, 4.69) is 35.2 Å². The molecule has 1 atom stereocenters. The fourth-order valence-corrected chi connectivity index (χ4v) is 2.71. The van der Waals surface area contributed by atoms with E-state index in [1.54, 1.807) is 0 Å². The maximum Gasteiger partial charge on any atom is 0.217 e. The van der Waals surface area contributed by atoms with Crippen LogP contribution in [-0.2, 0) is 12.0 Å². The number of imidazole rings is 1. The van der Waals surface area contributed by atoms with Crippen LogP contribution in [-0.4, -0.2) is 46.4 Å². The molecule has 19 heavy (non-hydrogen) atoms. The molecule has 2 aliphatic rings. The zero-order valence-corrected chi connectivity index (χ0v) is 11.9. The van der Waals surface area contributed by atoms with Gasteiger partial charge in [-0.15, -0.1) is 0 Å². The van der Waals surface area contributed by atoms with Gasteiger partial charge in [0.25, 0.3) is 0 Å². The first kappa shape index (κ1) is 12.9. The smallest absolute Gasteiger partial charge is 0.217 e. The normalized spacial score (nSPS) is 24.7. The highest BCUT2D eigenvalue weighted by Gasteiger charge is 2.37. The van der Waals surface area contributed by atoms with Crippen LogP contribution < -0.4 is 4.74 Å². The fraction of sp³-hybridized carbons (Fsp3) is 0.786. The van der Waals surface area contributed by atoms with Crippen molar-refractivity contribution in [1.29, 1.82) is 0 Å². The second kappa shape index (κ2) is 4.47. The standard InChI is InChI=1S/C14H22FN3O/c1-4-14(2,3)12-13-18(9-16-12)7-11(8-19-13)17-5-10(15)6-17/h9-11H,4-8H2,1-3H3. The fourth-order valence-electron chi connectivity index (χ4n) is 2.71. The van der Waals surface area contributed by atoms with Crippen molar-refractivity contribution in [1.82, 2.24) is 14.5 Å². The van der Waals surface area contributed by atoms with Gasteiger partial charge in [-0.05, 0) is 6.42 Å². The Kier molecular flexibility index (Phi) is 3.04. The van der Waals surface area contributed by atoms with Crippen LogP contribution in [0.3, 0.4) is 0 Å². The third-order valence-electron chi connectivity index (χ3n) is 4.52. The first-order valence-corrected chi connectivity index (χ1v) is 7.08. The summed E-state index contributed by atoms with van der Waals surface area (Å²) in [6, 6.07) is 0.284. The van der Waals surface area contributed by atoms with E-state index in [1.165, 1.54) is 0 Å². The number of halogens is 1. The Morgan fingerprint density at radius 2 is 2.16 bits per heavy atom.